The van der Waals surface area contributed by atoms with Crippen LogP contribution in [0.3, 0.4) is 0 Å². The van der Waals surface area contributed by atoms with Crippen molar-refractivity contribution in [3.8, 4) is 11.5 Å². The van der Waals surface area contributed by atoms with Crippen LogP contribution in [0, 0.1) is 0 Å². The average molecular weight is 348 g/mol. The molecule has 0 saturated heterocycles. The summed E-state index contributed by atoms with van der Waals surface area (Å²) >= 11 is 1.71. The van der Waals surface area contributed by atoms with E-state index in [1.807, 2.05) is 48.8 Å². The van der Waals surface area contributed by atoms with Crippen LogP contribution in [-0.4, -0.2) is 24.2 Å². The Balaban J connectivity index is 1.80. The Morgan fingerprint density at radius 1 is 0.680 bits per heavy atom. The molecule has 0 N–H and O–H groups in total. The summed E-state index contributed by atoms with van der Waals surface area (Å²) in [6, 6.07) is 16.0. The van der Waals surface area contributed by atoms with Crippen molar-refractivity contribution >= 4 is 33.6 Å². The van der Waals surface area contributed by atoms with Crippen molar-refractivity contribution < 1.29 is 9.47 Å². The van der Waals surface area contributed by atoms with E-state index in [1.54, 1.807) is 26.0 Å². The molecule has 25 heavy (non-hydrogen) atoms. The molecule has 2 aromatic heterocycles. The van der Waals surface area contributed by atoms with Gasteiger partial charge in [-0.1, -0.05) is 11.8 Å². The van der Waals surface area contributed by atoms with Gasteiger partial charge in [0.25, 0.3) is 0 Å². The summed E-state index contributed by atoms with van der Waals surface area (Å²) in [5, 5.41) is 2.21. The summed E-state index contributed by atoms with van der Waals surface area (Å²) in [4.78, 5) is 11.2. The molecule has 4 rings (SSSR count). The molecule has 124 valence electrons. The molecule has 5 heteroatoms. The number of rotatable bonds is 4. The third kappa shape index (κ3) is 2.98. The van der Waals surface area contributed by atoms with Crippen LogP contribution in [0.5, 0.6) is 11.5 Å². The average Bonchev–Trinajstić information content (AvgIpc) is 2.67. The summed E-state index contributed by atoms with van der Waals surface area (Å²) < 4.78 is 10.6. The number of aromatic nitrogens is 2. The minimum Gasteiger partial charge on any atom is -0.497 e. The molecule has 4 nitrogen and oxygen atoms in total. The van der Waals surface area contributed by atoms with Gasteiger partial charge in [0, 0.05) is 45.1 Å². The number of pyridine rings is 2. The van der Waals surface area contributed by atoms with Gasteiger partial charge in [0.2, 0.25) is 0 Å². The predicted molar refractivity (Wildman–Crippen MR) is 101 cm³/mol. The molecule has 0 unspecified atom stereocenters. The molecule has 0 amide bonds. The van der Waals surface area contributed by atoms with E-state index in [0.717, 1.165) is 43.1 Å². The molecule has 0 fully saturated rings. The molecule has 2 heterocycles. The van der Waals surface area contributed by atoms with Gasteiger partial charge in [-0.25, -0.2) is 0 Å². The van der Waals surface area contributed by atoms with Crippen molar-refractivity contribution in [2.24, 2.45) is 0 Å². The SMILES string of the molecule is COc1ccc2c(Sc3ccnc4cc(OC)ccc34)ccnc2c1. The van der Waals surface area contributed by atoms with Gasteiger partial charge in [0.15, 0.2) is 0 Å². The van der Waals surface area contributed by atoms with Crippen molar-refractivity contribution in [1.82, 2.24) is 9.97 Å². The van der Waals surface area contributed by atoms with Crippen molar-refractivity contribution in [1.29, 1.82) is 0 Å². The first-order valence-corrected chi connectivity index (χ1v) is 8.63. The summed E-state index contributed by atoms with van der Waals surface area (Å²) in [5.41, 5.74) is 1.84. The second-order valence-corrected chi connectivity index (χ2v) is 6.57. The molecular weight excluding hydrogens is 332 g/mol. The topological polar surface area (TPSA) is 44.2 Å². The van der Waals surface area contributed by atoms with Crippen LogP contribution in [0.2, 0.25) is 0 Å². The summed E-state index contributed by atoms with van der Waals surface area (Å²) in [5.74, 6) is 1.62. The highest BCUT2D eigenvalue weighted by molar-refractivity contribution is 7.99. The summed E-state index contributed by atoms with van der Waals surface area (Å²) in [6.45, 7) is 0. The van der Waals surface area contributed by atoms with E-state index in [1.165, 1.54) is 0 Å². The van der Waals surface area contributed by atoms with Gasteiger partial charge >= 0.3 is 0 Å². The number of hydrogen-bond donors (Lipinski definition) is 0. The first-order valence-electron chi connectivity index (χ1n) is 7.82. The van der Waals surface area contributed by atoms with Crippen molar-refractivity contribution in [3.63, 3.8) is 0 Å². The second kappa shape index (κ2) is 6.61. The maximum Gasteiger partial charge on any atom is 0.121 e. The zero-order chi connectivity index (χ0) is 17.2. The van der Waals surface area contributed by atoms with Gasteiger partial charge < -0.3 is 9.47 Å². The molecule has 0 saturated carbocycles. The first-order chi connectivity index (χ1) is 12.3. The quantitative estimate of drug-likeness (QED) is 0.522. The third-order valence-electron chi connectivity index (χ3n) is 4.04. The van der Waals surface area contributed by atoms with E-state index in [9.17, 15) is 0 Å². The van der Waals surface area contributed by atoms with Gasteiger partial charge in [0.1, 0.15) is 11.5 Å². The molecule has 0 aliphatic rings. The van der Waals surface area contributed by atoms with E-state index in [-0.39, 0.29) is 0 Å². The van der Waals surface area contributed by atoms with E-state index in [2.05, 4.69) is 22.1 Å². The van der Waals surface area contributed by atoms with E-state index >= 15 is 0 Å². The number of hydrogen-bond acceptors (Lipinski definition) is 5. The zero-order valence-electron chi connectivity index (χ0n) is 13.9. The number of fused-ring (bicyclic) bond motifs is 2. The number of nitrogens with zero attached hydrogens (tertiary/aromatic N) is 2. The fourth-order valence-electron chi connectivity index (χ4n) is 2.75. The van der Waals surface area contributed by atoms with Crippen LogP contribution < -0.4 is 9.47 Å². The molecule has 0 aliphatic heterocycles. The molecule has 0 bridgehead atoms. The van der Waals surface area contributed by atoms with Crippen LogP contribution in [0.15, 0.2) is 70.7 Å². The lowest BCUT2D eigenvalue weighted by Crippen LogP contribution is -1.88. The van der Waals surface area contributed by atoms with Crippen LogP contribution in [0.4, 0.5) is 0 Å². The standard InChI is InChI=1S/C20H16N2O2S/c1-23-13-3-5-15-17(11-13)21-9-7-19(15)25-20-8-10-22-18-12-14(24-2)4-6-16(18)20/h3-12H,1-2H3. The molecule has 2 aromatic carbocycles. The Morgan fingerprint density at radius 2 is 1.16 bits per heavy atom. The largest absolute Gasteiger partial charge is 0.497 e. The number of benzene rings is 2. The van der Waals surface area contributed by atoms with Gasteiger partial charge in [-0.15, -0.1) is 0 Å². The highest BCUT2D eigenvalue weighted by Gasteiger charge is 2.09. The molecule has 0 aliphatic carbocycles. The Labute approximate surface area is 149 Å². The normalized spacial score (nSPS) is 11.0. The Morgan fingerprint density at radius 3 is 1.60 bits per heavy atom. The Bertz CT molecular complexity index is 981. The smallest absolute Gasteiger partial charge is 0.121 e. The van der Waals surface area contributed by atoms with E-state index in [0.29, 0.717) is 0 Å². The van der Waals surface area contributed by atoms with Crippen molar-refractivity contribution in [2.75, 3.05) is 14.2 Å². The summed E-state index contributed by atoms with van der Waals surface area (Å²) in [7, 11) is 3.33. The van der Waals surface area contributed by atoms with Gasteiger partial charge in [-0.2, -0.15) is 0 Å². The lowest BCUT2D eigenvalue weighted by Gasteiger charge is -2.10. The van der Waals surface area contributed by atoms with Crippen LogP contribution in [0.25, 0.3) is 21.8 Å². The predicted octanol–water partition coefficient (Wildman–Crippen LogP) is 4.95. The fraction of sp³-hybridized carbons (Fsp3) is 0.100. The van der Waals surface area contributed by atoms with Gasteiger partial charge in [-0.05, 0) is 36.4 Å². The highest BCUT2D eigenvalue weighted by Crippen LogP contribution is 2.37. The minimum absolute atomic E-state index is 0.809. The van der Waals surface area contributed by atoms with Crippen molar-refractivity contribution in [3.05, 3.63) is 60.9 Å². The minimum atomic E-state index is 0.809. The fourth-order valence-corrected chi connectivity index (χ4v) is 3.81. The highest BCUT2D eigenvalue weighted by atomic mass is 32.2. The maximum absolute atomic E-state index is 5.29. The Kier molecular flexibility index (Phi) is 4.15. The number of methoxy groups -OCH3 is 2. The molecule has 0 radical (unpaired) electrons. The van der Waals surface area contributed by atoms with Crippen molar-refractivity contribution in [2.45, 2.75) is 9.79 Å². The van der Waals surface area contributed by atoms with E-state index in [4.69, 9.17) is 9.47 Å². The molecule has 4 aromatic rings. The summed E-state index contributed by atoms with van der Waals surface area (Å²) in [6.07, 6.45) is 3.66. The van der Waals surface area contributed by atoms with Crippen LogP contribution in [-0.2, 0) is 0 Å². The lowest BCUT2D eigenvalue weighted by atomic mass is 10.2. The molecule has 0 spiro atoms. The lowest BCUT2D eigenvalue weighted by molar-refractivity contribution is 0.415. The first kappa shape index (κ1) is 15.7. The zero-order valence-corrected chi connectivity index (χ0v) is 14.7. The second-order valence-electron chi connectivity index (χ2n) is 5.49. The number of ether oxygens (including phenoxy) is 2. The van der Waals surface area contributed by atoms with Crippen LogP contribution >= 0.6 is 11.8 Å². The van der Waals surface area contributed by atoms with Gasteiger partial charge in [-0.3, -0.25) is 9.97 Å². The third-order valence-corrected chi connectivity index (χ3v) is 5.19. The van der Waals surface area contributed by atoms with E-state index < -0.39 is 0 Å². The monoisotopic (exact) mass is 348 g/mol. The Hall–Kier alpha value is -2.79. The molecule has 0 atom stereocenters. The maximum atomic E-state index is 5.29. The molecular formula is C20H16N2O2S. The van der Waals surface area contributed by atoms with Gasteiger partial charge in [0.05, 0.1) is 25.3 Å². The van der Waals surface area contributed by atoms with Crippen LogP contribution in [0.1, 0.15) is 0 Å².